The molecule has 0 aromatic heterocycles. The van der Waals surface area contributed by atoms with Crippen molar-refractivity contribution >= 4 is 31.9 Å². The highest BCUT2D eigenvalue weighted by atomic mass is 79.9. The molecule has 1 rings (SSSR count). The summed E-state index contributed by atoms with van der Waals surface area (Å²) in [5.74, 6) is 0.410. The van der Waals surface area contributed by atoms with Gasteiger partial charge in [0.15, 0.2) is 12.5 Å². The minimum absolute atomic E-state index is 0.410. The molecule has 1 N–H and O–H groups in total. The van der Waals surface area contributed by atoms with Crippen molar-refractivity contribution in [2.75, 3.05) is 19.9 Å². The van der Waals surface area contributed by atoms with Gasteiger partial charge in [-0.3, -0.25) is 0 Å². The van der Waals surface area contributed by atoms with Crippen LogP contribution < -0.4 is 10.1 Å². The Morgan fingerprint density at radius 2 is 1.80 bits per heavy atom. The Labute approximate surface area is 132 Å². The molecule has 0 atom stereocenters. The van der Waals surface area contributed by atoms with Crippen molar-refractivity contribution in [3.8, 4) is 5.75 Å². The summed E-state index contributed by atoms with van der Waals surface area (Å²) in [7, 11) is 0. The van der Waals surface area contributed by atoms with Crippen LogP contribution in [0.3, 0.4) is 0 Å². The van der Waals surface area contributed by atoms with E-state index in [2.05, 4.69) is 41.9 Å². The maximum atomic E-state index is 11.9. The Balaban J connectivity index is 2.58. The molecule has 0 amide bonds. The van der Waals surface area contributed by atoms with Gasteiger partial charge in [0.25, 0.3) is 0 Å². The maximum Gasteiger partial charge on any atom is 0.411 e. The highest BCUT2D eigenvalue weighted by Crippen LogP contribution is 2.34. The molecule has 0 aliphatic rings. The van der Waals surface area contributed by atoms with Gasteiger partial charge in [0.2, 0.25) is 0 Å². The summed E-state index contributed by atoms with van der Waals surface area (Å²) in [6.45, 7) is 1.74. The zero-order valence-electron chi connectivity index (χ0n) is 10.7. The highest BCUT2D eigenvalue weighted by molar-refractivity contribution is 9.11. The molecule has 8 heteroatoms. The van der Waals surface area contributed by atoms with Crippen LogP contribution in [0.2, 0.25) is 0 Å². The summed E-state index contributed by atoms with van der Waals surface area (Å²) in [5, 5.41) is 3.18. The van der Waals surface area contributed by atoms with Crippen molar-refractivity contribution in [1.82, 2.24) is 5.32 Å². The van der Waals surface area contributed by atoms with Crippen LogP contribution in [0, 0.1) is 0 Å². The quantitative estimate of drug-likeness (QED) is 0.528. The van der Waals surface area contributed by atoms with Crippen molar-refractivity contribution in [3.05, 3.63) is 26.6 Å². The van der Waals surface area contributed by atoms with Crippen molar-refractivity contribution in [1.29, 1.82) is 0 Å². The Morgan fingerprint density at radius 3 is 2.30 bits per heavy atom. The molecule has 20 heavy (non-hydrogen) atoms. The molecule has 3 nitrogen and oxygen atoms in total. The van der Waals surface area contributed by atoms with E-state index in [1.54, 1.807) is 0 Å². The summed E-state index contributed by atoms with van der Waals surface area (Å²) < 4.78 is 46.6. The SMILES string of the molecule is CCNCc1cc(Br)c(OCOCC(F)(F)F)c(Br)c1. The van der Waals surface area contributed by atoms with Crippen LogP contribution >= 0.6 is 31.9 Å². The fourth-order valence-electron chi connectivity index (χ4n) is 1.38. The second-order valence-corrected chi connectivity index (χ2v) is 5.60. The second kappa shape index (κ2) is 8.21. The first-order valence-corrected chi connectivity index (χ1v) is 7.38. The van der Waals surface area contributed by atoms with Gasteiger partial charge in [0.05, 0.1) is 8.95 Å². The molecule has 0 saturated heterocycles. The molecule has 1 aromatic carbocycles. The molecule has 1 aromatic rings. The van der Waals surface area contributed by atoms with Gasteiger partial charge < -0.3 is 14.8 Å². The Kier molecular flexibility index (Phi) is 7.28. The van der Waals surface area contributed by atoms with Gasteiger partial charge in [-0.25, -0.2) is 0 Å². The minimum Gasteiger partial charge on any atom is -0.465 e. The molecular weight excluding hydrogens is 407 g/mol. The van der Waals surface area contributed by atoms with E-state index in [9.17, 15) is 13.2 Å². The predicted octanol–water partition coefficient (Wildman–Crippen LogP) is 4.24. The van der Waals surface area contributed by atoms with Crippen LogP contribution in [0.5, 0.6) is 5.75 Å². The average molecular weight is 421 g/mol. The van der Waals surface area contributed by atoms with Crippen LogP contribution in [-0.4, -0.2) is 26.1 Å². The topological polar surface area (TPSA) is 30.5 Å². The van der Waals surface area contributed by atoms with Crippen LogP contribution in [-0.2, 0) is 11.3 Å². The first-order valence-electron chi connectivity index (χ1n) is 5.79. The average Bonchev–Trinajstić information content (AvgIpc) is 2.33. The standard InChI is InChI=1S/C12H14Br2F3NO2/c1-2-18-5-8-3-9(13)11(10(14)4-8)20-7-19-6-12(15,16)17/h3-4,18H,2,5-7H2,1H3. The lowest BCUT2D eigenvalue weighted by molar-refractivity contribution is -0.186. The number of alkyl halides is 3. The number of halogens is 5. The molecule has 0 fully saturated rings. The van der Waals surface area contributed by atoms with Crippen molar-refractivity contribution < 1.29 is 22.6 Å². The van der Waals surface area contributed by atoms with Crippen LogP contribution in [0.4, 0.5) is 13.2 Å². The van der Waals surface area contributed by atoms with E-state index in [0.29, 0.717) is 21.2 Å². The smallest absolute Gasteiger partial charge is 0.411 e. The molecule has 0 aliphatic carbocycles. The number of ether oxygens (including phenoxy) is 2. The van der Waals surface area contributed by atoms with Gasteiger partial charge >= 0.3 is 6.18 Å². The molecule has 0 bridgehead atoms. The molecule has 0 heterocycles. The molecule has 114 valence electrons. The molecule has 0 unspecified atom stereocenters. The third kappa shape index (κ3) is 6.43. The Morgan fingerprint density at radius 1 is 1.20 bits per heavy atom. The van der Waals surface area contributed by atoms with Crippen LogP contribution in [0.15, 0.2) is 21.1 Å². The number of nitrogens with one attached hydrogen (secondary N) is 1. The van der Waals surface area contributed by atoms with E-state index in [1.165, 1.54) is 0 Å². The fourth-order valence-corrected chi connectivity index (χ4v) is 2.89. The lowest BCUT2D eigenvalue weighted by atomic mass is 10.2. The monoisotopic (exact) mass is 419 g/mol. The van der Waals surface area contributed by atoms with Crippen LogP contribution in [0.1, 0.15) is 12.5 Å². The Bertz CT molecular complexity index is 418. The van der Waals surface area contributed by atoms with Gasteiger partial charge in [0, 0.05) is 6.54 Å². The van der Waals surface area contributed by atoms with Crippen molar-refractivity contribution in [2.24, 2.45) is 0 Å². The third-order valence-corrected chi connectivity index (χ3v) is 3.37. The summed E-state index contributed by atoms with van der Waals surface area (Å²) in [6, 6.07) is 3.68. The lowest BCUT2D eigenvalue weighted by Crippen LogP contribution is -2.19. The van der Waals surface area contributed by atoms with E-state index in [-0.39, 0.29) is 0 Å². The molecular formula is C12H14Br2F3NO2. The normalized spacial score (nSPS) is 11.7. The van der Waals surface area contributed by atoms with Crippen LogP contribution in [0.25, 0.3) is 0 Å². The summed E-state index contributed by atoms with van der Waals surface area (Å²) in [6.07, 6.45) is -4.35. The van der Waals surface area contributed by atoms with E-state index in [1.807, 2.05) is 19.1 Å². The number of rotatable bonds is 7. The third-order valence-electron chi connectivity index (χ3n) is 2.19. The van der Waals surface area contributed by atoms with Crippen molar-refractivity contribution in [3.63, 3.8) is 0 Å². The zero-order chi connectivity index (χ0) is 15.2. The number of hydrogen-bond donors (Lipinski definition) is 1. The van der Waals surface area contributed by atoms with Crippen molar-refractivity contribution in [2.45, 2.75) is 19.6 Å². The van der Waals surface area contributed by atoms with E-state index < -0.39 is 19.6 Å². The molecule has 0 radical (unpaired) electrons. The Hall–Kier alpha value is -0.310. The second-order valence-electron chi connectivity index (χ2n) is 3.89. The van der Waals surface area contributed by atoms with E-state index >= 15 is 0 Å². The minimum atomic E-state index is -4.35. The highest BCUT2D eigenvalue weighted by Gasteiger charge is 2.27. The largest absolute Gasteiger partial charge is 0.465 e. The summed E-state index contributed by atoms with van der Waals surface area (Å²) in [4.78, 5) is 0. The number of hydrogen-bond acceptors (Lipinski definition) is 3. The van der Waals surface area contributed by atoms with Gasteiger partial charge in [-0.1, -0.05) is 6.92 Å². The van der Waals surface area contributed by atoms with E-state index in [4.69, 9.17) is 4.74 Å². The molecule has 0 spiro atoms. The maximum absolute atomic E-state index is 11.9. The summed E-state index contributed by atoms with van der Waals surface area (Å²) >= 11 is 6.64. The fraction of sp³-hybridized carbons (Fsp3) is 0.500. The van der Waals surface area contributed by atoms with Gasteiger partial charge in [0.1, 0.15) is 6.61 Å². The zero-order valence-corrected chi connectivity index (χ0v) is 13.9. The first-order chi connectivity index (χ1) is 9.33. The first kappa shape index (κ1) is 17.7. The van der Waals surface area contributed by atoms with E-state index in [0.717, 1.165) is 12.1 Å². The molecule has 0 aliphatic heterocycles. The van der Waals surface area contributed by atoms with Gasteiger partial charge in [-0.15, -0.1) is 0 Å². The number of benzene rings is 1. The van der Waals surface area contributed by atoms with Gasteiger partial charge in [-0.2, -0.15) is 13.2 Å². The summed E-state index contributed by atoms with van der Waals surface area (Å²) in [5.41, 5.74) is 1.02. The molecule has 0 saturated carbocycles. The van der Waals surface area contributed by atoms with Gasteiger partial charge in [-0.05, 0) is 56.1 Å². The lowest BCUT2D eigenvalue weighted by Gasteiger charge is -2.13. The predicted molar refractivity (Wildman–Crippen MR) is 76.7 cm³/mol.